The third-order valence-corrected chi connectivity index (χ3v) is 4.83. The Balaban J connectivity index is 2.16. The number of likely N-dealkylation sites (N-methyl/N-ethyl adjacent to an activating group) is 1. The Morgan fingerprint density at radius 1 is 1.54 bits per heavy atom. The number of hydrogen-bond acceptors (Lipinski definition) is 5. The number of hydroxylamine groups is 3. The average molecular weight is 334 g/mol. The number of carbonyl (C=O) groups is 1. The third-order valence-electron chi connectivity index (χ3n) is 4.83. The van der Waals surface area contributed by atoms with Gasteiger partial charge in [0.25, 0.3) is 0 Å². The van der Waals surface area contributed by atoms with Crippen molar-refractivity contribution in [1.82, 2.24) is 10.2 Å². The molecule has 1 aromatic carbocycles. The zero-order chi connectivity index (χ0) is 17.5. The fourth-order valence-electron chi connectivity index (χ4n) is 3.65. The van der Waals surface area contributed by atoms with Crippen molar-refractivity contribution in [2.45, 2.75) is 19.0 Å². The van der Waals surface area contributed by atoms with Crippen LogP contribution in [0.25, 0.3) is 0 Å². The molecule has 8 nitrogen and oxygen atoms in total. The van der Waals surface area contributed by atoms with Gasteiger partial charge in [0.15, 0.2) is 0 Å². The highest BCUT2D eigenvalue weighted by molar-refractivity contribution is 5.71. The summed E-state index contributed by atoms with van der Waals surface area (Å²) in [5, 5.41) is 25.3. The smallest absolute Gasteiger partial charge is 0.408 e. The van der Waals surface area contributed by atoms with Gasteiger partial charge in [-0.1, -0.05) is 0 Å². The van der Waals surface area contributed by atoms with Crippen LogP contribution >= 0.6 is 0 Å². The molecule has 2 N–H and O–H groups in total. The van der Waals surface area contributed by atoms with Gasteiger partial charge in [0, 0.05) is 18.2 Å². The van der Waals surface area contributed by atoms with Gasteiger partial charge in [0.1, 0.15) is 17.8 Å². The number of piperazine rings is 1. The van der Waals surface area contributed by atoms with E-state index in [1.807, 2.05) is 6.07 Å². The zero-order valence-corrected chi connectivity index (χ0v) is 14.1. The van der Waals surface area contributed by atoms with Crippen LogP contribution in [0.4, 0.5) is 10.5 Å². The first-order valence-electron chi connectivity index (χ1n) is 7.80. The molecule has 2 aliphatic rings. The van der Waals surface area contributed by atoms with E-state index in [4.69, 9.17) is 4.74 Å². The maximum absolute atomic E-state index is 12.6. The molecule has 2 heterocycles. The number of nitrogens with one attached hydrogen (secondary N) is 1. The molecule has 0 bridgehead atoms. The van der Waals surface area contributed by atoms with Crippen LogP contribution in [0, 0.1) is 5.21 Å². The van der Waals surface area contributed by atoms with Gasteiger partial charge in [-0.15, -0.1) is 0 Å². The van der Waals surface area contributed by atoms with Crippen molar-refractivity contribution in [1.29, 1.82) is 0 Å². The maximum Gasteiger partial charge on any atom is 0.408 e. The van der Waals surface area contributed by atoms with Crippen LogP contribution in [0.5, 0.6) is 5.75 Å². The lowest BCUT2D eigenvalue weighted by Gasteiger charge is -2.54. The highest BCUT2D eigenvalue weighted by Gasteiger charge is 2.47. The normalized spacial score (nSPS) is 28.9. The van der Waals surface area contributed by atoms with E-state index in [1.165, 1.54) is 4.90 Å². The number of rotatable bonds is 2. The summed E-state index contributed by atoms with van der Waals surface area (Å²) in [7, 11) is 3.12. The SMILES string of the molecule is COc1cc2c(cc1C1(C)C[N+](C)([O-])CCN1C(=O)O)CNC=N2. The van der Waals surface area contributed by atoms with E-state index in [-0.39, 0.29) is 19.6 Å². The highest BCUT2D eigenvalue weighted by atomic mass is 16.5. The third kappa shape index (κ3) is 2.67. The molecular formula is C16H22N4O4. The number of nitrogens with zero attached hydrogens (tertiary/aromatic N) is 3. The van der Waals surface area contributed by atoms with E-state index in [0.29, 0.717) is 17.9 Å². The minimum Gasteiger partial charge on any atom is -0.633 e. The second-order valence-electron chi connectivity index (χ2n) is 6.71. The van der Waals surface area contributed by atoms with E-state index in [2.05, 4.69) is 10.3 Å². The highest BCUT2D eigenvalue weighted by Crippen LogP contribution is 2.42. The van der Waals surface area contributed by atoms with Crippen LogP contribution in [-0.4, -0.2) is 60.9 Å². The van der Waals surface area contributed by atoms with Gasteiger partial charge in [-0.25, -0.2) is 9.79 Å². The van der Waals surface area contributed by atoms with Crippen molar-refractivity contribution >= 4 is 18.1 Å². The fraction of sp³-hybridized carbons (Fsp3) is 0.500. The van der Waals surface area contributed by atoms with Crippen LogP contribution in [0.15, 0.2) is 17.1 Å². The number of carboxylic acid groups (broad SMARTS) is 1. The zero-order valence-electron chi connectivity index (χ0n) is 14.1. The van der Waals surface area contributed by atoms with Gasteiger partial charge in [-0.2, -0.15) is 0 Å². The molecule has 1 fully saturated rings. The molecule has 1 amide bonds. The largest absolute Gasteiger partial charge is 0.633 e. The Bertz CT molecular complexity index is 704. The number of benzene rings is 1. The van der Waals surface area contributed by atoms with Gasteiger partial charge < -0.3 is 25.0 Å². The summed E-state index contributed by atoms with van der Waals surface area (Å²) in [6, 6.07) is 3.70. The topological polar surface area (TPSA) is 97.2 Å². The monoisotopic (exact) mass is 334 g/mol. The fourth-order valence-corrected chi connectivity index (χ4v) is 3.65. The van der Waals surface area contributed by atoms with E-state index >= 15 is 0 Å². The molecule has 2 unspecified atom stereocenters. The first kappa shape index (κ1) is 16.5. The van der Waals surface area contributed by atoms with E-state index in [1.54, 1.807) is 33.5 Å². The predicted molar refractivity (Wildman–Crippen MR) is 89.4 cm³/mol. The maximum atomic E-state index is 12.6. The van der Waals surface area contributed by atoms with E-state index < -0.39 is 16.3 Å². The first-order chi connectivity index (χ1) is 11.3. The molecule has 8 heteroatoms. The second kappa shape index (κ2) is 5.64. The number of amides is 1. The van der Waals surface area contributed by atoms with Crippen LogP contribution < -0.4 is 10.1 Å². The standard InChI is InChI=1S/C16H22N4O4/c1-16(9-20(2,23)5-4-19(16)15(21)22)12-6-11-8-17-10-18-13(11)7-14(12)24-3/h6-7,10H,4-5,8-9H2,1-3H3,(H,17,18)(H,21,22). The molecule has 1 aromatic rings. The minimum absolute atomic E-state index is 0.130. The molecule has 3 rings (SSSR count). The first-order valence-corrected chi connectivity index (χ1v) is 7.80. The van der Waals surface area contributed by atoms with Crippen molar-refractivity contribution in [2.75, 3.05) is 33.8 Å². The summed E-state index contributed by atoms with van der Waals surface area (Å²) >= 11 is 0. The van der Waals surface area contributed by atoms with Crippen LogP contribution in [0.1, 0.15) is 18.1 Å². The summed E-state index contributed by atoms with van der Waals surface area (Å²) in [6.07, 6.45) is 0.590. The molecule has 0 saturated carbocycles. The number of ether oxygens (including phenoxy) is 1. The Kier molecular flexibility index (Phi) is 3.89. The minimum atomic E-state index is -1.03. The summed E-state index contributed by atoms with van der Waals surface area (Å²) < 4.78 is 5.01. The van der Waals surface area contributed by atoms with Gasteiger partial charge in [-0.05, 0) is 18.6 Å². The van der Waals surface area contributed by atoms with Gasteiger partial charge >= 0.3 is 6.09 Å². The summed E-state index contributed by atoms with van der Waals surface area (Å²) in [5.41, 5.74) is 1.47. The molecule has 2 aliphatic heterocycles. The molecule has 0 aromatic heterocycles. The Labute approximate surface area is 140 Å². The van der Waals surface area contributed by atoms with Gasteiger partial charge in [-0.3, -0.25) is 4.90 Å². The van der Waals surface area contributed by atoms with Crippen molar-refractivity contribution < 1.29 is 19.3 Å². The lowest BCUT2D eigenvalue weighted by Crippen LogP contribution is -2.64. The number of aliphatic imine (C=N–C) groups is 1. The molecule has 0 spiro atoms. The number of hydrogen-bond donors (Lipinski definition) is 2. The molecule has 0 aliphatic carbocycles. The number of quaternary nitrogens is 1. The Hall–Kier alpha value is -2.32. The molecule has 2 atom stereocenters. The molecule has 24 heavy (non-hydrogen) atoms. The summed E-state index contributed by atoms with van der Waals surface area (Å²) in [4.78, 5) is 17.4. The van der Waals surface area contributed by atoms with Gasteiger partial charge in [0.2, 0.25) is 0 Å². The quantitative estimate of drug-likeness (QED) is 0.632. The molecule has 130 valence electrons. The average Bonchev–Trinajstić information content (AvgIpc) is 2.52. The second-order valence-corrected chi connectivity index (χ2v) is 6.71. The molecule has 0 radical (unpaired) electrons. The van der Waals surface area contributed by atoms with Crippen molar-refractivity contribution in [3.05, 3.63) is 28.5 Å². The van der Waals surface area contributed by atoms with Crippen molar-refractivity contribution in [3.8, 4) is 5.75 Å². The molecule has 1 saturated heterocycles. The van der Waals surface area contributed by atoms with Crippen molar-refractivity contribution in [2.24, 2.45) is 4.99 Å². The lowest BCUT2D eigenvalue weighted by molar-refractivity contribution is -0.873. The van der Waals surface area contributed by atoms with E-state index in [0.717, 1.165) is 11.3 Å². The van der Waals surface area contributed by atoms with Crippen LogP contribution in [0.2, 0.25) is 0 Å². The van der Waals surface area contributed by atoms with E-state index in [9.17, 15) is 15.1 Å². The predicted octanol–water partition coefficient (Wildman–Crippen LogP) is 1.61. The van der Waals surface area contributed by atoms with Gasteiger partial charge in [0.05, 0.1) is 39.3 Å². The summed E-state index contributed by atoms with van der Waals surface area (Å²) in [5.74, 6) is 0.545. The van der Waals surface area contributed by atoms with Crippen LogP contribution in [-0.2, 0) is 12.1 Å². The Morgan fingerprint density at radius 2 is 2.29 bits per heavy atom. The number of methoxy groups -OCH3 is 1. The van der Waals surface area contributed by atoms with Crippen LogP contribution in [0.3, 0.4) is 0 Å². The summed E-state index contributed by atoms with van der Waals surface area (Å²) in [6.45, 7) is 2.94. The Morgan fingerprint density at radius 3 is 2.96 bits per heavy atom. The molecular weight excluding hydrogens is 312 g/mol. The lowest BCUT2D eigenvalue weighted by atomic mass is 9.85. The van der Waals surface area contributed by atoms with Crippen molar-refractivity contribution in [3.63, 3.8) is 0 Å². The number of fused-ring (bicyclic) bond motifs is 1.